The third kappa shape index (κ3) is 0.540. The SMILES string of the molecule is O=C1N=N[n+]2cccnc21. The molecule has 0 atom stereocenters. The van der Waals surface area contributed by atoms with E-state index in [0.717, 1.165) is 0 Å². The quantitative estimate of drug-likeness (QED) is 0.460. The fraction of sp³-hybridized carbons (Fsp3) is 0. The number of fused-ring (bicyclic) bond motifs is 1. The van der Waals surface area contributed by atoms with Crippen LogP contribution in [-0.4, -0.2) is 10.9 Å². The van der Waals surface area contributed by atoms with Gasteiger partial charge in [-0.3, -0.25) is 0 Å². The highest BCUT2D eigenvalue weighted by Gasteiger charge is 2.27. The number of hydrogen-bond donors (Lipinski definition) is 0. The van der Waals surface area contributed by atoms with E-state index in [2.05, 4.69) is 15.3 Å². The van der Waals surface area contributed by atoms with Gasteiger partial charge < -0.3 is 0 Å². The molecule has 2 rings (SSSR count). The molecular formula is C5H3N4O+. The van der Waals surface area contributed by atoms with Gasteiger partial charge in [-0.25, -0.2) is 4.79 Å². The first-order valence-corrected chi connectivity index (χ1v) is 2.71. The summed E-state index contributed by atoms with van der Waals surface area (Å²) in [5, 5.41) is 6.80. The maximum Gasteiger partial charge on any atom is 0.441 e. The summed E-state index contributed by atoms with van der Waals surface area (Å²) in [6.07, 6.45) is 3.15. The van der Waals surface area contributed by atoms with E-state index in [9.17, 15) is 4.79 Å². The summed E-state index contributed by atoms with van der Waals surface area (Å²) in [4.78, 5) is 14.5. The topological polar surface area (TPSA) is 58.6 Å². The average Bonchev–Trinajstić information content (AvgIpc) is 2.34. The van der Waals surface area contributed by atoms with Crippen LogP contribution in [0.15, 0.2) is 28.8 Å². The van der Waals surface area contributed by atoms with Gasteiger partial charge in [-0.15, -0.1) is 9.66 Å². The maximum absolute atomic E-state index is 10.7. The second-order valence-corrected chi connectivity index (χ2v) is 1.78. The zero-order valence-electron chi connectivity index (χ0n) is 4.93. The number of rotatable bonds is 0. The molecule has 2 heterocycles. The van der Waals surface area contributed by atoms with Crippen molar-refractivity contribution in [3.05, 3.63) is 24.3 Å². The zero-order valence-corrected chi connectivity index (χ0v) is 4.93. The van der Waals surface area contributed by atoms with Crippen LogP contribution in [0, 0.1) is 0 Å². The van der Waals surface area contributed by atoms with Crippen molar-refractivity contribution < 1.29 is 9.47 Å². The highest BCUT2D eigenvalue weighted by Crippen LogP contribution is 1.95. The number of carbonyl (C=O) groups is 1. The minimum atomic E-state index is -0.388. The molecule has 0 unspecified atom stereocenters. The summed E-state index contributed by atoms with van der Waals surface area (Å²) in [6.45, 7) is 0. The van der Waals surface area contributed by atoms with E-state index in [1.54, 1.807) is 12.3 Å². The third-order valence-corrected chi connectivity index (χ3v) is 1.15. The molecule has 5 nitrogen and oxygen atoms in total. The molecule has 0 aliphatic carbocycles. The molecule has 1 aliphatic heterocycles. The van der Waals surface area contributed by atoms with Crippen molar-refractivity contribution in [2.24, 2.45) is 10.3 Å². The largest absolute Gasteiger partial charge is 0.441 e. The van der Waals surface area contributed by atoms with Gasteiger partial charge in [0.05, 0.1) is 16.5 Å². The molecular weight excluding hydrogens is 132 g/mol. The van der Waals surface area contributed by atoms with Crippen molar-refractivity contribution in [2.45, 2.75) is 0 Å². The zero-order chi connectivity index (χ0) is 6.97. The molecule has 0 spiro atoms. The third-order valence-electron chi connectivity index (χ3n) is 1.15. The van der Waals surface area contributed by atoms with Crippen LogP contribution in [0.5, 0.6) is 0 Å². The fourth-order valence-electron chi connectivity index (χ4n) is 0.722. The molecule has 0 radical (unpaired) electrons. The van der Waals surface area contributed by atoms with E-state index >= 15 is 0 Å². The summed E-state index contributed by atoms with van der Waals surface area (Å²) in [5.74, 6) is -0.122. The second kappa shape index (κ2) is 1.66. The Balaban J connectivity index is 2.70. The molecule has 0 fully saturated rings. The van der Waals surface area contributed by atoms with E-state index in [-0.39, 0.29) is 11.7 Å². The molecule has 48 valence electrons. The highest BCUT2D eigenvalue weighted by molar-refractivity contribution is 5.89. The van der Waals surface area contributed by atoms with Crippen molar-refractivity contribution in [2.75, 3.05) is 0 Å². The van der Waals surface area contributed by atoms with Gasteiger partial charge in [0.1, 0.15) is 6.20 Å². The normalized spacial score (nSPS) is 13.8. The smallest absolute Gasteiger partial charge is 0.237 e. The fourth-order valence-corrected chi connectivity index (χ4v) is 0.722. The van der Waals surface area contributed by atoms with E-state index in [0.29, 0.717) is 0 Å². The molecule has 10 heavy (non-hydrogen) atoms. The van der Waals surface area contributed by atoms with Crippen molar-refractivity contribution in [1.82, 2.24) is 4.98 Å². The van der Waals surface area contributed by atoms with Gasteiger partial charge in [-0.05, 0) is 0 Å². The highest BCUT2D eigenvalue weighted by atomic mass is 16.2. The predicted molar refractivity (Wildman–Crippen MR) is 29.0 cm³/mol. The Morgan fingerprint density at radius 2 is 2.40 bits per heavy atom. The molecule has 0 N–H and O–H groups in total. The first-order chi connectivity index (χ1) is 4.88. The van der Waals surface area contributed by atoms with Crippen LogP contribution in [0.4, 0.5) is 0 Å². The lowest BCUT2D eigenvalue weighted by Gasteiger charge is -1.80. The Labute approximate surface area is 56.0 Å². The Morgan fingerprint density at radius 3 is 3.20 bits per heavy atom. The Morgan fingerprint density at radius 1 is 1.50 bits per heavy atom. The molecule has 1 aromatic rings. The van der Waals surface area contributed by atoms with Crippen LogP contribution in [0.3, 0.4) is 0 Å². The second-order valence-electron chi connectivity index (χ2n) is 1.78. The van der Waals surface area contributed by atoms with Crippen molar-refractivity contribution in [1.29, 1.82) is 0 Å². The van der Waals surface area contributed by atoms with E-state index < -0.39 is 0 Å². The summed E-state index contributed by atoms with van der Waals surface area (Å²) in [7, 11) is 0. The Hall–Kier alpha value is -1.65. The Kier molecular flexibility index (Phi) is 0.858. The van der Waals surface area contributed by atoms with Crippen LogP contribution in [0.1, 0.15) is 10.6 Å². The van der Waals surface area contributed by atoms with Gasteiger partial charge in [0, 0.05) is 6.07 Å². The minimum Gasteiger partial charge on any atom is -0.237 e. The Bertz CT molecular complexity index is 319. The van der Waals surface area contributed by atoms with E-state index in [1.165, 1.54) is 10.9 Å². The first kappa shape index (κ1) is 5.16. The van der Waals surface area contributed by atoms with Gasteiger partial charge in [-0.1, -0.05) is 0 Å². The molecule has 1 aliphatic rings. The molecule has 0 aromatic carbocycles. The predicted octanol–water partition coefficient (Wildman–Crippen LogP) is -0.262. The van der Waals surface area contributed by atoms with Crippen LogP contribution < -0.4 is 4.68 Å². The molecule has 1 amide bonds. The van der Waals surface area contributed by atoms with Crippen molar-refractivity contribution >= 4 is 5.91 Å². The van der Waals surface area contributed by atoms with Crippen LogP contribution in [0.25, 0.3) is 0 Å². The van der Waals surface area contributed by atoms with Crippen LogP contribution in [-0.2, 0) is 0 Å². The van der Waals surface area contributed by atoms with Crippen molar-refractivity contribution in [3.63, 3.8) is 0 Å². The number of amides is 1. The first-order valence-electron chi connectivity index (χ1n) is 2.71. The summed E-state index contributed by atoms with van der Waals surface area (Å²) < 4.78 is 1.34. The van der Waals surface area contributed by atoms with Gasteiger partial charge in [0.2, 0.25) is 0 Å². The lowest BCUT2D eigenvalue weighted by molar-refractivity contribution is -0.684. The lowest BCUT2D eigenvalue weighted by Crippen LogP contribution is -2.30. The van der Waals surface area contributed by atoms with Crippen molar-refractivity contribution in [3.8, 4) is 0 Å². The molecule has 0 saturated heterocycles. The molecule has 0 bridgehead atoms. The summed E-state index contributed by atoms with van der Waals surface area (Å²) in [6, 6.07) is 1.68. The maximum atomic E-state index is 10.7. The minimum absolute atomic E-state index is 0.266. The van der Waals surface area contributed by atoms with Gasteiger partial charge >= 0.3 is 11.7 Å². The standard InChI is InChI=1S/C5H3N4O/c10-5-4-6-2-1-3-9(4)8-7-5/h1-3H/q+1. The van der Waals surface area contributed by atoms with Gasteiger partial charge in [0.25, 0.3) is 0 Å². The number of carbonyl (C=O) groups excluding carboxylic acids is 1. The summed E-state index contributed by atoms with van der Waals surface area (Å²) in [5.41, 5.74) is 0. The van der Waals surface area contributed by atoms with Gasteiger partial charge in [0.15, 0.2) is 0 Å². The average molecular weight is 135 g/mol. The van der Waals surface area contributed by atoms with Crippen LogP contribution in [0.2, 0.25) is 0 Å². The van der Waals surface area contributed by atoms with Gasteiger partial charge in [-0.2, -0.15) is 0 Å². The monoisotopic (exact) mass is 135 g/mol. The lowest BCUT2D eigenvalue weighted by atomic mass is 10.5. The van der Waals surface area contributed by atoms with E-state index in [4.69, 9.17) is 0 Å². The van der Waals surface area contributed by atoms with E-state index in [1.807, 2.05) is 0 Å². The molecule has 1 aromatic heterocycles. The number of aromatic nitrogens is 2. The number of hydrogen-bond acceptors (Lipinski definition) is 3. The summed E-state index contributed by atoms with van der Waals surface area (Å²) >= 11 is 0. The number of nitrogens with zero attached hydrogens (tertiary/aromatic N) is 4. The molecule has 5 heteroatoms. The molecule has 0 saturated carbocycles. The van der Waals surface area contributed by atoms with Crippen LogP contribution >= 0.6 is 0 Å².